The summed E-state index contributed by atoms with van der Waals surface area (Å²) in [6, 6.07) is -0.707. The highest BCUT2D eigenvalue weighted by Gasteiger charge is 2.44. The Labute approximate surface area is 287 Å². The lowest BCUT2D eigenvalue weighted by Crippen LogP contribution is -2.60. The molecule has 47 heavy (non-hydrogen) atoms. The number of rotatable bonds is 32. The summed E-state index contributed by atoms with van der Waals surface area (Å²) in [5, 5.41) is 53.7. The molecule has 0 radical (unpaired) electrons. The summed E-state index contributed by atoms with van der Waals surface area (Å²) in [6.45, 7) is 3.70. The quantitative estimate of drug-likeness (QED) is 0.0426. The van der Waals surface area contributed by atoms with Gasteiger partial charge < -0.3 is 40.3 Å². The molecule has 0 spiro atoms. The van der Waals surface area contributed by atoms with E-state index in [1.807, 2.05) is 0 Å². The third-order valence-corrected chi connectivity index (χ3v) is 9.71. The molecule has 7 unspecified atom stereocenters. The van der Waals surface area contributed by atoms with Gasteiger partial charge in [-0.2, -0.15) is 0 Å². The van der Waals surface area contributed by atoms with E-state index in [0.29, 0.717) is 12.8 Å². The van der Waals surface area contributed by atoms with Gasteiger partial charge in [0.15, 0.2) is 6.29 Å². The maximum absolute atomic E-state index is 12.6. The van der Waals surface area contributed by atoms with Crippen LogP contribution in [0.15, 0.2) is 0 Å². The second kappa shape index (κ2) is 30.1. The van der Waals surface area contributed by atoms with Gasteiger partial charge in [0.25, 0.3) is 0 Å². The van der Waals surface area contributed by atoms with Crippen molar-refractivity contribution in [3.63, 3.8) is 0 Å². The summed E-state index contributed by atoms with van der Waals surface area (Å²) in [4.78, 5) is 12.6. The van der Waals surface area contributed by atoms with Crippen LogP contribution in [0.1, 0.15) is 181 Å². The Morgan fingerprint density at radius 2 is 1.06 bits per heavy atom. The molecule has 9 heteroatoms. The van der Waals surface area contributed by atoms with E-state index in [1.54, 1.807) is 0 Å². The van der Waals surface area contributed by atoms with Crippen molar-refractivity contribution < 1.29 is 39.8 Å². The van der Waals surface area contributed by atoms with Crippen molar-refractivity contribution in [1.29, 1.82) is 0 Å². The predicted octanol–water partition coefficient (Wildman–Crippen LogP) is 6.83. The number of amides is 1. The highest BCUT2D eigenvalue weighted by atomic mass is 16.7. The molecule has 1 aliphatic heterocycles. The van der Waals surface area contributed by atoms with Crippen molar-refractivity contribution in [2.24, 2.45) is 0 Å². The third kappa shape index (κ3) is 21.8. The fourth-order valence-electron chi connectivity index (χ4n) is 6.45. The molecule has 1 fully saturated rings. The smallest absolute Gasteiger partial charge is 0.220 e. The van der Waals surface area contributed by atoms with E-state index in [-0.39, 0.29) is 12.5 Å². The molecule has 7 atom stereocenters. The molecule has 9 nitrogen and oxygen atoms in total. The largest absolute Gasteiger partial charge is 0.394 e. The Morgan fingerprint density at radius 1 is 0.638 bits per heavy atom. The van der Waals surface area contributed by atoms with Gasteiger partial charge in [-0.1, -0.05) is 162 Å². The van der Waals surface area contributed by atoms with E-state index < -0.39 is 49.5 Å². The van der Waals surface area contributed by atoms with Crippen LogP contribution in [0.3, 0.4) is 0 Å². The Hall–Kier alpha value is -0.810. The van der Waals surface area contributed by atoms with Gasteiger partial charge in [0, 0.05) is 6.42 Å². The maximum atomic E-state index is 12.6. The van der Waals surface area contributed by atoms with Gasteiger partial charge in [-0.25, -0.2) is 0 Å². The zero-order valence-electron chi connectivity index (χ0n) is 30.3. The lowest BCUT2D eigenvalue weighted by atomic mass is 9.99. The van der Waals surface area contributed by atoms with E-state index >= 15 is 0 Å². The molecule has 0 aliphatic carbocycles. The van der Waals surface area contributed by atoms with Gasteiger partial charge in [0.2, 0.25) is 5.91 Å². The van der Waals surface area contributed by atoms with Crippen LogP contribution in [0.4, 0.5) is 0 Å². The van der Waals surface area contributed by atoms with Gasteiger partial charge in [0.05, 0.1) is 25.4 Å². The molecular weight excluding hydrogens is 598 g/mol. The summed E-state index contributed by atoms with van der Waals surface area (Å²) in [7, 11) is 0. The first-order valence-corrected chi connectivity index (χ1v) is 19.7. The Morgan fingerprint density at radius 3 is 1.51 bits per heavy atom. The molecule has 0 aromatic heterocycles. The molecule has 6 N–H and O–H groups in total. The van der Waals surface area contributed by atoms with Crippen LogP contribution in [-0.2, 0) is 14.3 Å². The van der Waals surface area contributed by atoms with E-state index in [0.717, 1.165) is 44.9 Å². The molecule has 1 heterocycles. The Kier molecular flexibility index (Phi) is 28.3. The second-order valence-corrected chi connectivity index (χ2v) is 14.1. The maximum Gasteiger partial charge on any atom is 0.220 e. The second-order valence-electron chi connectivity index (χ2n) is 14.1. The van der Waals surface area contributed by atoms with Crippen molar-refractivity contribution in [2.45, 2.75) is 224 Å². The van der Waals surface area contributed by atoms with Crippen LogP contribution in [0.25, 0.3) is 0 Å². The number of aliphatic hydroxyl groups is 5. The molecule has 1 amide bonds. The summed E-state index contributed by atoms with van der Waals surface area (Å²) >= 11 is 0. The molecule has 1 saturated heterocycles. The Bertz CT molecular complexity index is 711. The van der Waals surface area contributed by atoms with Crippen molar-refractivity contribution in [3.8, 4) is 0 Å². The van der Waals surface area contributed by atoms with Crippen molar-refractivity contribution >= 4 is 5.91 Å². The number of carbonyl (C=O) groups excluding carboxylic acids is 1. The normalized spacial score (nSPS) is 22.7. The molecule has 280 valence electrons. The highest BCUT2D eigenvalue weighted by molar-refractivity contribution is 5.76. The number of carbonyl (C=O) groups is 1. The first-order valence-electron chi connectivity index (χ1n) is 19.7. The molecule has 0 aromatic rings. The minimum atomic E-state index is -1.54. The lowest BCUT2D eigenvalue weighted by Gasteiger charge is -2.40. The Balaban J connectivity index is 2.21. The summed E-state index contributed by atoms with van der Waals surface area (Å²) < 4.78 is 11.1. The van der Waals surface area contributed by atoms with E-state index in [2.05, 4.69) is 19.2 Å². The minimum Gasteiger partial charge on any atom is -0.394 e. The average Bonchev–Trinajstić information content (AvgIpc) is 3.07. The number of nitrogens with one attached hydrogen (secondary N) is 1. The third-order valence-electron chi connectivity index (χ3n) is 9.71. The topological polar surface area (TPSA) is 149 Å². The van der Waals surface area contributed by atoms with Crippen molar-refractivity contribution in [3.05, 3.63) is 0 Å². The van der Waals surface area contributed by atoms with Crippen LogP contribution in [-0.4, -0.2) is 87.5 Å². The number of hydrogen-bond acceptors (Lipinski definition) is 8. The average molecular weight is 674 g/mol. The fraction of sp³-hybridized carbons (Fsp3) is 0.974. The first kappa shape index (κ1) is 44.2. The van der Waals surface area contributed by atoms with Crippen LogP contribution in [0, 0.1) is 0 Å². The van der Waals surface area contributed by atoms with Crippen LogP contribution in [0.5, 0.6) is 0 Å². The minimum absolute atomic E-state index is 0.135. The molecule has 1 rings (SSSR count). The monoisotopic (exact) mass is 674 g/mol. The summed E-state index contributed by atoms with van der Waals surface area (Å²) in [5.74, 6) is -0.161. The highest BCUT2D eigenvalue weighted by Crippen LogP contribution is 2.23. The lowest BCUT2D eigenvalue weighted by molar-refractivity contribution is -0.302. The van der Waals surface area contributed by atoms with Crippen LogP contribution >= 0.6 is 0 Å². The number of ether oxygens (including phenoxy) is 2. The van der Waals surface area contributed by atoms with Crippen LogP contribution < -0.4 is 5.32 Å². The molecule has 0 bridgehead atoms. The molecule has 1 aliphatic rings. The van der Waals surface area contributed by atoms with Crippen LogP contribution in [0.2, 0.25) is 0 Å². The number of unbranched alkanes of at least 4 members (excludes halogenated alkanes) is 22. The molecular formula is C38H75NO8. The van der Waals surface area contributed by atoms with Gasteiger partial charge >= 0.3 is 0 Å². The number of aliphatic hydroxyl groups excluding tert-OH is 5. The zero-order valence-corrected chi connectivity index (χ0v) is 30.3. The van der Waals surface area contributed by atoms with E-state index in [1.165, 1.54) is 109 Å². The van der Waals surface area contributed by atoms with Gasteiger partial charge in [0.1, 0.15) is 24.4 Å². The van der Waals surface area contributed by atoms with Crippen molar-refractivity contribution in [2.75, 3.05) is 13.2 Å². The standard InChI is InChI=1S/C38H75NO8/c1-3-5-7-9-10-11-12-13-14-15-16-17-18-19-20-21-22-23-24-25-27-32(41)31(39-34(42)28-26-8-6-4-2)30-46-38-37(45)36(44)35(43)33(29-40)47-38/h31-33,35-38,40-41,43-45H,3-30H2,1-2H3,(H,39,42). The molecule has 0 saturated carbocycles. The van der Waals surface area contributed by atoms with Gasteiger partial charge in [-0.15, -0.1) is 0 Å². The fourth-order valence-corrected chi connectivity index (χ4v) is 6.45. The van der Waals surface area contributed by atoms with Gasteiger partial charge in [-0.3, -0.25) is 4.79 Å². The molecule has 0 aromatic carbocycles. The van der Waals surface area contributed by atoms with E-state index in [4.69, 9.17) is 9.47 Å². The van der Waals surface area contributed by atoms with E-state index in [9.17, 15) is 30.3 Å². The van der Waals surface area contributed by atoms with Crippen molar-refractivity contribution in [1.82, 2.24) is 5.32 Å². The predicted molar refractivity (Wildman–Crippen MR) is 189 cm³/mol. The first-order chi connectivity index (χ1) is 22.8. The van der Waals surface area contributed by atoms with Gasteiger partial charge in [-0.05, 0) is 12.8 Å². The summed E-state index contributed by atoms with van der Waals surface area (Å²) in [6.07, 6.45) is 23.2. The number of hydrogen-bond donors (Lipinski definition) is 6. The zero-order chi connectivity index (χ0) is 34.5. The summed E-state index contributed by atoms with van der Waals surface area (Å²) in [5.41, 5.74) is 0. The SMILES string of the molecule is CCCCCCCCCCCCCCCCCCCCCCC(O)C(COC1OC(CO)C(O)C(O)C1O)NC(=O)CCCCCC.